The Morgan fingerprint density at radius 3 is 1.27 bits per heavy atom. The second-order valence-electron chi connectivity index (χ2n) is 21.1. The average molecular weight is 1020 g/mol. The Kier molecular flexibility index (Phi) is 11.5. The monoisotopic (exact) mass is 1020 g/mol. The van der Waals surface area contributed by atoms with Crippen molar-refractivity contribution in [2.75, 3.05) is 4.90 Å². The standard InChI is InChI=1S/C79H53N/c1-6-22-54(23-7-1)56-38-40-58(41-39-56)67-48-46-65(52-74(67)57-26-10-3-11-27-57)80(66-47-49-71-70-34-20-21-37-75(70)79(76(71)53-66,63-28-12-4-13-29-63)64-30-14-5-15-31-64)78-73-36-19-17-33-69(73)68-32-16-18-35-72(68)77(78)62-45-44-60-50-59(42-43-61(60)51-62)55-24-8-2-9-25-55/h1-53H. The van der Waals surface area contributed by atoms with E-state index in [0.29, 0.717) is 0 Å². The van der Waals surface area contributed by atoms with Crippen molar-refractivity contribution < 1.29 is 0 Å². The average Bonchev–Trinajstić information content (AvgIpc) is 3.85. The van der Waals surface area contributed by atoms with Gasteiger partial charge in [0.15, 0.2) is 0 Å². The highest BCUT2D eigenvalue weighted by atomic mass is 15.1. The second kappa shape index (κ2) is 19.6. The van der Waals surface area contributed by atoms with Crippen LogP contribution in [0.15, 0.2) is 322 Å². The summed E-state index contributed by atoms with van der Waals surface area (Å²) in [7, 11) is 0. The SMILES string of the molecule is c1ccc(-c2ccc(-c3ccc(N(c4ccc5c(c4)C(c4ccccc4)(c4ccccc4)c4ccccc4-5)c4c(-c5ccc6cc(-c7ccccc7)ccc6c5)c5ccccc5c5ccccc45)cc3-c3ccccc3)cc2)cc1. The largest absolute Gasteiger partial charge is 0.309 e. The number of hydrogen-bond acceptors (Lipinski definition) is 1. The van der Waals surface area contributed by atoms with Gasteiger partial charge in [-0.1, -0.05) is 285 Å². The fourth-order valence-corrected chi connectivity index (χ4v) is 13.1. The smallest absolute Gasteiger partial charge is 0.0714 e. The van der Waals surface area contributed by atoms with E-state index in [-0.39, 0.29) is 0 Å². The Hall–Kier alpha value is -10.3. The van der Waals surface area contributed by atoms with Crippen LogP contribution >= 0.6 is 0 Å². The topological polar surface area (TPSA) is 3.24 Å². The maximum absolute atomic E-state index is 2.59. The van der Waals surface area contributed by atoms with Crippen LogP contribution in [0.5, 0.6) is 0 Å². The predicted molar refractivity (Wildman–Crippen MR) is 338 cm³/mol. The van der Waals surface area contributed by atoms with Gasteiger partial charge < -0.3 is 4.90 Å². The lowest BCUT2D eigenvalue weighted by atomic mass is 9.67. The zero-order valence-electron chi connectivity index (χ0n) is 44.0. The van der Waals surface area contributed by atoms with Gasteiger partial charge in [0.25, 0.3) is 0 Å². The maximum atomic E-state index is 2.59. The van der Waals surface area contributed by atoms with Crippen LogP contribution in [0.3, 0.4) is 0 Å². The zero-order valence-corrected chi connectivity index (χ0v) is 44.0. The van der Waals surface area contributed by atoms with Crippen LogP contribution in [0.2, 0.25) is 0 Å². The van der Waals surface area contributed by atoms with Crippen LogP contribution in [0.4, 0.5) is 17.1 Å². The summed E-state index contributed by atoms with van der Waals surface area (Å²) >= 11 is 0. The molecule has 0 fully saturated rings. The molecule has 1 heteroatoms. The molecule has 0 unspecified atom stereocenters. The lowest BCUT2D eigenvalue weighted by molar-refractivity contribution is 0.768. The number of anilines is 3. The van der Waals surface area contributed by atoms with E-state index in [1.165, 1.54) is 99.1 Å². The van der Waals surface area contributed by atoms with E-state index >= 15 is 0 Å². The van der Waals surface area contributed by atoms with Crippen molar-refractivity contribution in [1.29, 1.82) is 0 Å². The van der Waals surface area contributed by atoms with Gasteiger partial charge in [-0.25, -0.2) is 0 Å². The minimum absolute atomic E-state index is 0.605. The number of nitrogens with zero attached hydrogens (tertiary/aromatic N) is 1. The molecule has 0 amide bonds. The van der Waals surface area contributed by atoms with Crippen LogP contribution in [0.1, 0.15) is 22.3 Å². The van der Waals surface area contributed by atoms with Crippen LogP contribution < -0.4 is 4.90 Å². The van der Waals surface area contributed by atoms with Crippen molar-refractivity contribution >= 4 is 49.4 Å². The molecular weight excluding hydrogens is 963 g/mol. The molecule has 0 aliphatic heterocycles. The lowest BCUT2D eigenvalue weighted by Gasteiger charge is -2.35. The molecule has 1 aliphatic rings. The molecule has 0 N–H and O–H groups in total. The lowest BCUT2D eigenvalue weighted by Crippen LogP contribution is -2.28. The highest BCUT2D eigenvalue weighted by Crippen LogP contribution is 2.58. The molecule has 14 aromatic carbocycles. The Balaban J connectivity index is 1.03. The normalized spacial score (nSPS) is 12.3. The Morgan fingerprint density at radius 1 is 0.225 bits per heavy atom. The van der Waals surface area contributed by atoms with Gasteiger partial charge in [-0.2, -0.15) is 0 Å². The van der Waals surface area contributed by atoms with E-state index in [1.54, 1.807) is 0 Å². The van der Waals surface area contributed by atoms with Crippen LogP contribution in [-0.2, 0) is 5.41 Å². The fraction of sp³-hybridized carbons (Fsp3) is 0.0127. The van der Waals surface area contributed by atoms with Gasteiger partial charge >= 0.3 is 0 Å². The van der Waals surface area contributed by atoms with Gasteiger partial charge in [-0.15, -0.1) is 0 Å². The van der Waals surface area contributed by atoms with Gasteiger partial charge in [0.05, 0.1) is 11.1 Å². The molecule has 14 aromatic rings. The van der Waals surface area contributed by atoms with Crippen molar-refractivity contribution in [1.82, 2.24) is 0 Å². The molecule has 0 atom stereocenters. The van der Waals surface area contributed by atoms with Crippen molar-refractivity contribution in [3.63, 3.8) is 0 Å². The van der Waals surface area contributed by atoms with E-state index in [2.05, 4.69) is 326 Å². The summed E-state index contributed by atoms with van der Waals surface area (Å²) in [5.74, 6) is 0. The minimum Gasteiger partial charge on any atom is -0.309 e. The van der Waals surface area contributed by atoms with Crippen LogP contribution in [0, 0.1) is 0 Å². The van der Waals surface area contributed by atoms with Gasteiger partial charge in [0, 0.05) is 22.3 Å². The van der Waals surface area contributed by atoms with Gasteiger partial charge in [-0.3, -0.25) is 0 Å². The van der Waals surface area contributed by atoms with Crippen molar-refractivity contribution in [2.45, 2.75) is 5.41 Å². The summed E-state index contributed by atoms with van der Waals surface area (Å²) in [5, 5.41) is 7.18. The number of benzene rings is 14. The first-order chi connectivity index (χ1) is 39.7. The molecule has 0 aromatic heterocycles. The van der Waals surface area contributed by atoms with Gasteiger partial charge in [-0.05, 0) is 147 Å². The van der Waals surface area contributed by atoms with E-state index in [0.717, 1.165) is 39.3 Å². The Labute approximate surface area is 467 Å². The molecule has 15 rings (SSSR count). The van der Waals surface area contributed by atoms with E-state index in [4.69, 9.17) is 0 Å². The second-order valence-corrected chi connectivity index (χ2v) is 21.1. The number of hydrogen-bond donors (Lipinski definition) is 0. The van der Waals surface area contributed by atoms with Gasteiger partial charge in [0.1, 0.15) is 0 Å². The molecule has 0 saturated carbocycles. The maximum Gasteiger partial charge on any atom is 0.0714 e. The van der Waals surface area contributed by atoms with E-state index in [9.17, 15) is 0 Å². The Morgan fingerprint density at radius 2 is 0.637 bits per heavy atom. The number of rotatable bonds is 10. The molecule has 0 radical (unpaired) electrons. The first kappa shape index (κ1) is 46.9. The molecule has 80 heavy (non-hydrogen) atoms. The summed E-state index contributed by atoms with van der Waals surface area (Å²) in [6.07, 6.45) is 0. The zero-order chi connectivity index (χ0) is 53.0. The quantitative estimate of drug-likeness (QED) is 0.123. The molecule has 0 spiro atoms. The molecule has 374 valence electrons. The van der Waals surface area contributed by atoms with Crippen molar-refractivity contribution in [3.8, 4) is 66.8 Å². The predicted octanol–water partition coefficient (Wildman–Crippen LogP) is 21.3. The molecule has 1 aliphatic carbocycles. The van der Waals surface area contributed by atoms with Crippen molar-refractivity contribution in [3.05, 3.63) is 344 Å². The summed E-state index contributed by atoms with van der Waals surface area (Å²) in [5.41, 5.74) is 21.9. The number of fused-ring (bicyclic) bond motifs is 7. The molecular formula is C79H53N. The van der Waals surface area contributed by atoms with E-state index in [1.807, 2.05) is 0 Å². The third-order valence-electron chi connectivity index (χ3n) is 16.7. The third-order valence-corrected chi connectivity index (χ3v) is 16.7. The fourth-order valence-electron chi connectivity index (χ4n) is 13.1. The molecule has 0 bridgehead atoms. The summed E-state index contributed by atoms with van der Waals surface area (Å²) < 4.78 is 0. The minimum atomic E-state index is -0.605. The van der Waals surface area contributed by atoms with Crippen LogP contribution in [-0.4, -0.2) is 0 Å². The first-order valence-corrected chi connectivity index (χ1v) is 27.7. The van der Waals surface area contributed by atoms with Gasteiger partial charge in [0.2, 0.25) is 0 Å². The molecule has 1 nitrogen and oxygen atoms in total. The van der Waals surface area contributed by atoms with E-state index < -0.39 is 5.41 Å². The summed E-state index contributed by atoms with van der Waals surface area (Å²) in [6, 6.07) is 119. The Bertz CT molecular complexity index is 4570. The summed E-state index contributed by atoms with van der Waals surface area (Å²) in [4.78, 5) is 2.59. The highest BCUT2D eigenvalue weighted by molar-refractivity contribution is 6.23. The molecule has 0 heterocycles. The third kappa shape index (κ3) is 7.77. The highest BCUT2D eigenvalue weighted by Gasteiger charge is 2.46. The summed E-state index contributed by atoms with van der Waals surface area (Å²) in [6.45, 7) is 0. The molecule has 0 saturated heterocycles. The van der Waals surface area contributed by atoms with Crippen LogP contribution in [0.25, 0.3) is 99.1 Å². The van der Waals surface area contributed by atoms with Crippen molar-refractivity contribution in [2.24, 2.45) is 0 Å². The first-order valence-electron chi connectivity index (χ1n) is 27.7.